The minimum absolute atomic E-state index is 0.0175. The van der Waals surface area contributed by atoms with Gasteiger partial charge in [-0.05, 0) is 76.3 Å². The first kappa shape index (κ1) is 19.8. The number of furan rings is 1. The second-order valence-electron chi connectivity index (χ2n) is 11.0. The molecule has 0 aliphatic heterocycles. The van der Waals surface area contributed by atoms with Crippen molar-refractivity contribution in [2.45, 2.75) is 26.2 Å². The van der Waals surface area contributed by atoms with Crippen molar-refractivity contribution in [3.63, 3.8) is 0 Å². The van der Waals surface area contributed by atoms with Crippen molar-refractivity contribution in [1.29, 1.82) is 0 Å². The Balaban J connectivity index is 1.58. The van der Waals surface area contributed by atoms with E-state index in [-0.39, 0.29) is 11.2 Å². The van der Waals surface area contributed by atoms with Crippen LogP contribution in [0.1, 0.15) is 26.3 Å². The molecule has 3 heterocycles. The zero-order chi connectivity index (χ0) is 24.5. The van der Waals surface area contributed by atoms with Crippen molar-refractivity contribution in [2.75, 3.05) is 0 Å². The maximum Gasteiger partial charge on any atom is 0.139 e. The molecule has 4 heteroatoms. The lowest BCUT2D eigenvalue weighted by Crippen LogP contribution is -2.10. The Morgan fingerprint density at radius 2 is 1.47 bits per heavy atom. The minimum atomic E-state index is 0.0175. The standard InChI is InChI=1S/C32H23NO3/c1-32(2,3)17-5-9-24-23(13-17)30-26(35)10-8-19-22-15-21-16(12-25(22)33(24)31(19)30)4-11-27-29(21)20-7-6-18(34)14-28(20)36-27/h4-15,34-35H,1-3H3. The van der Waals surface area contributed by atoms with Gasteiger partial charge >= 0.3 is 0 Å². The van der Waals surface area contributed by atoms with E-state index in [4.69, 9.17) is 4.42 Å². The SMILES string of the molecule is CC(C)(C)c1ccc2c(c1)c1c(O)ccc3c4cc5c(ccc6oc7cc(O)ccc7c65)cc4n2c31. The van der Waals surface area contributed by atoms with E-state index in [2.05, 4.69) is 61.6 Å². The number of rotatable bonds is 0. The molecule has 0 saturated carbocycles. The topological polar surface area (TPSA) is 58.0 Å². The molecular formula is C32H23NO3. The van der Waals surface area contributed by atoms with Crippen LogP contribution < -0.4 is 0 Å². The van der Waals surface area contributed by atoms with Gasteiger partial charge in [0.2, 0.25) is 0 Å². The third-order valence-electron chi connectivity index (χ3n) is 7.84. The predicted octanol–water partition coefficient (Wildman–Crippen LogP) is 8.60. The van der Waals surface area contributed by atoms with Gasteiger partial charge in [-0.15, -0.1) is 0 Å². The molecule has 0 aliphatic carbocycles. The van der Waals surface area contributed by atoms with Crippen LogP contribution in [0.4, 0.5) is 0 Å². The van der Waals surface area contributed by atoms with Crippen LogP contribution in [0.25, 0.3) is 70.8 Å². The molecule has 0 spiro atoms. The number of fused-ring (bicyclic) bond motifs is 11. The summed E-state index contributed by atoms with van der Waals surface area (Å²) in [5.41, 5.74) is 6.02. The molecule has 2 N–H and O–H groups in total. The van der Waals surface area contributed by atoms with Gasteiger partial charge in [0.25, 0.3) is 0 Å². The first-order valence-corrected chi connectivity index (χ1v) is 12.2. The Hall–Kier alpha value is -4.44. The van der Waals surface area contributed by atoms with Crippen molar-refractivity contribution in [3.8, 4) is 11.5 Å². The average molecular weight is 470 g/mol. The van der Waals surface area contributed by atoms with Crippen molar-refractivity contribution in [2.24, 2.45) is 0 Å². The average Bonchev–Trinajstić information content (AvgIpc) is 3.48. The zero-order valence-corrected chi connectivity index (χ0v) is 20.2. The highest BCUT2D eigenvalue weighted by Crippen LogP contribution is 2.46. The van der Waals surface area contributed by atoms with Gasteiger partial charge in [0, 0.05) is 33.0 Å². The third-order valence-corrected chi connectivity index (χ3v) is 7.84. The molecule has 3 aromatic heterocycles. The Morgan fingerprint density at radius 1 is 0.639 bits per heavy atom. The third kappa shape index (κ3) is 2.34. The largest absolute Gasteiger partial charge is 0.508 e. The van der Waals surface area contributed by atoms with Crippen LogP contribution in [0.15, 0.2) is 77.2 Å². The van der Waals surface area contributed by atoms with Gasteiger partial charge in [0.1, 0.15) is 22.7 Å². The lowest BCUT2D eigenvalue weighted by Gasteiger charge is -2.19. The Kier molecular flexibility index (Phi) is 3.42. The number of aromatic hydroxyl groups is 2. The highest BCUT2D eigenvalue weighted by molar-refractivity contribution is 6.28. The van der Waals surface area contributed by atoms with E-state index in [0.717, 1.165) is 65.2 Å². The highest BCUT2D eigenvalue weighted by atomic mass is 16.3. The first-order chi connectivity index (χ1) is 17.3. The second kappa shape index (κ2) is 6.21. The maximum atomic E-state index is 11.0. The van der Waals surface area contributed by atoms with Gasteiger partial charge in [-0.3, -0.25) is 0 Å². The summed E-state index contributed by atoms with van der Waals surface area (Å²) in [6, 6.07) is 24.4. The fraction of sp³-hybridized carbons (Fsp3) is 0.125. The lowest BCUT2D eigenvalue weighted by atomic mass is 9.86. The minimum Gasteiger partial charge on any atom is -0.508 e. The predicted molar refractivity (Wildman–Crippen MR) is 148 cm³/mol. The Bertz CT molecular complexity index is 2210. The van der Waals surface area contributed by atoms with Crippen molar-refractivity contribution >= 4 is 70.8 Å². The van der Waals surface area contributed by atoms with Gasteiger partial charge in [0.05, 0.1) is 21.9 Å². The summed E-state index contributed by atoms with van der Waals surface area (Å²) in [5, 5.41) is 29.5. The van der Waals surface area contributed by atoms with Crippen LogP contribution in [0.2, 0.25) is 0 Å². The van der Waals surface area contributed by atoms with Crippen LogP contribution >= 0.6 is 0 Å². The summed E-state index contributed by atoms with van der Waals surface area (Å²) in [6.45, 7) is 6.65. The van der Waals surface area contributed by atoms with Crippen LogP contribution in [0, 0.1) is 0 Å². The molecule has 0 unspecified atom stereocenters. The first-order valence-electron chi connectivity index (χ1n) is 12.2. The van der Waals surface area contributed by atoms with Gasteiger partial charge in [-0.2, -0.15) is 0 Å². The monoisotopic (exact) mass is 469 g/mol. The van der Waals surface area contributed by atoms with Gasteiger partial charge < -0.3 is 19.0 Å². The van der Waals surface area contributed by atoms with E-state index in [1.54, 1.807) is 12.1 Å². The van der Waals surface area contributed by atoms with Crippen molar-refractivity contribution < 1.29 is 14.6 Å². The summed E-state index contributed by atoms with van der Waals surface area (Å²) >= 11 is 0. The molecule has 0 bridgehead atoms. The van der Waals surface area contributed by atoms with E-state index in [1.165, 1.54) is 5.56 Å². The molecule has 0 amide bonds. The Morgan fingerprint density at radius 3 is 2.31 bits per heavy atom. The lowest BCUT2D eigenvalue weighted by molar-refractivity contribution is 0.475. The summed E-state index contributed by atoms with van der Waals surface area (Å²) in [6.07, 6.45) is 0. The number of aromatic nitrogens is 1. The Labute approximate surface area is 205 Å². The fourth-order valence-corrected chi connectivity index (χ4v) is 6.09. The molecule has 0 fully saturated rings. The van der Waals surface area contributed by atoms with Crippen LogP contribution in [0.3, 0.4) is 0 Å². The van der Waals surface area contributed by atoms with Gasteiger partial charge in [-0.25, -0.2) is 0 Å². The zero-order valence-electron chi connectivity index (χ0n) is 20.2. The number of benzene rings is 5. The van der Waals surface area contributed by atoms with E-state index in [0.29, 0.717) is 11.3 Å². The molecule has 0 saturated heterocycles. The van der Waals surface area contributed by atoms with Crippen molar-refractivity contribution in [1.82, 2.24) is 4.40 Å². The molecule has 0 radical (unpaired) electrons. The molecule has 4 nitrogen and oxygen atoms in total. The molecular weight excluding hydrogens is 446 g/mol. The quantitative estimate of drug-likeness (QED) is 0.234. The summed E-state index contributed by atoms with van der Waals surface area (Å²) < 4.78 is 8.38. The maximum absolute atomic E-state index is 11.0. The summed E-state index contributed by atoms with van der Waals surface area (Å²) in [5.74, 6) is 0.503. The number of hydrogen-bond acceptors (Lipinski definition) is 3. The van der Waals surface area contributed by atoms with E-state index >= 15 is 0 Å². The van der Waals surface area contributed by atoms with Crippen LogP contribution in [-0.4, -0.2) is 14.6 Å². The van der Waals surface area contributed by atoms with Crippen LogP contribution in [0.5, 0.6) is 11.5 Å². The second-order valence-corrected chi connectivity index (χ2v) is 11.0. The van der Waals surface area contributed by atoms with Gasteiger partial charge in [-0.1, -0.05) is 32.9 Å². The van der Waals surface area contributed by atoms with E-state index in [1.807, 2.05) is 24.3 Å². The molecule has 8 rings (SSSR count). The smallest absolute Gasteiger partial charge is 0.139 e. The number of phenols is 2. The molecule has 0 atom stereocenters. The van der Waals surface area contributed by atoms with Crippen LogP contribution in [-0.2, 0) is 5.41 Å². The summed E-state index contributed by atoms with van der Waals surface area (Å²) in [4.78, 5) is 0. The molecule has 0 aliphatic rings. The summed E-state index contributed by atoms with van der Waals surface area (Å²) in [7, 11) is 0. The van der Waals surface area contributed by atoms with Crippen molar-refractivity contribution in [3.05, 3.63) is 78.4 Å². The molecule has 5 aromatic carbocycles. The number of phenolic OH excluding ortho intramolecular Hbond substituents is 2. The highest BCUT2D eigenvalue weighted by Gasteiger charge is 2.23. The molecule has 174 valence electrons. The van der Waals surface area contributed by atoms with E-state index in [9.17, 15) is 10.2 Å². The number of nitrogens with zero attached hydrogens (tertiary/aromatic N) is 1. The van der Waals surface area contributed by atoms with E-state index < -0.39 is 0 Å². The fourth-order valence-electron chi connectivity index (χ4n) is 6.09. The molecule has 8 aromatic rings. The molecule has 36 heavy (non-hydrogen) atoms. The van der Waals surface area contributed by atoms with Gasteiger partial charge in [0.15, 0.2) is 0 Å². The number of hydrogen-bond donors (Lipinski definition) is 2. The normalized spacial score (nSPS) is 13.1.